The first-order valence-electron chi connectivity index (χ1n) is 6.28. The fourth-order valence-corrected chi connectivity index (χ4v) is 2.82. The number of allylic oxidation sites excluding steroid dienone is 6. The van der Waals surface area contributed by atoms with E-state index in [1.807, 2.05) is 19.1 Å². The van der Waals surface area contributed by atoms with Gasteiger partial charge in [-0.1, -0.05) is 35.4 Å². The number of ether oxygens (including phenoxy) is 2. The first-order chi connectivity index (χ1) is 10.0. The molecule has 0 saturated heterocycles. The molecule has 2 rings (SSSR count). The van der Waals surface area contributed by atoms with Crippen LogP contribution < -0.4 is 9.47 Å². The molecule has 0 amide bonds. The van der Waals surface area contributed by atoms with Crippen molar-refractivity contribution in [3.05, 3.63) is 51.6 Å². The summed E-state index contributed by atoms with van der Waals surface area (Å²) < 4.78 is 10.5. The van der Waals surface area contributed by atoms with E-state index in [1.165, 1.54) is 14.2 Å². The molecule has 0 heterocycles. The van der Waals surface area contributed by atoms with Crippen LogP contribution in [0.15, 0.2) is 35.9 Å². The van der Waals surface area contributed by atoms with Crippen LogP contribution in [-0.4, -0.2) is 19.9 Å². The largest absolute Gasteiger partial charge is 0.495 e. The molecule has 1 aromatic carbocycles. The standard InChI is InChI=1S/C16H15Cl2NO2/c1-4-9-7-10(5-6-11(9)19)14-15(17)12(20-2)8-13(21-3)16(14)18/h4-8,19H,1-3H3/b9-4-,19-11?. The van der Waals surface area contributed by atoms with Crippen LogP contribution in [0.1, 0.15) is 12.5 Å². The second-order valence-electron chi connectivity index (χ2n) is 4.37. The van der Waals surface area contributed by atoms with E-state index in [4.69, 9.17) is 38.1 Å². The Labute approximate surface area is 134 Å². The summed E-state index contributed by atoms with van der Waals surface area (Å²) in [5.74, 6) is 0.981. The minimum absolute atomic E-state index is 0.420. The Morgan fingerprint density at radius 3 is 2.10 bits per heavy atom. The minimum Gasteiger partial charge on any atom is -0.495 e. The minimum atomic E-state index is 0.420. The highest BCUT2D eigenvalue weighted by Crippen LogP contribution is 2.44. The van der Waals surface area contributed by atoms with Gasteiger partial charge < -0.3 is 14.9 Å². The number of halogens is 2. The SMILES string of the molecule is C/C=C1/C=C(c2c(Cl)c(OC)cc(OC)c2Cl)C=CC1=N. The molecule has 1 N–H and O–H groups in total. The third-order valence-electron chi connectivity index (χ3n) is 3.22. The zero-order valence-electron chi connectivity index (χ0n) is 12.0. The topological polar surface area (TPSA) is 42.3 Å². The molecule has 0 fully saturated rings. The van der Waals surface area contributed by atoms with E-state index in [9.17, 15) is 0 Å². The Bertz CT molecular complexity index is 660. The van der Waals surface area contributed by atoms with Gasteiger partial charge in [0.05, 0.1) is 30.0 Å². The summed E-state index contributed by atoms with van der Waals surface area (Å²) >= 11 is 12.8. The van der Waals surface area contributed by atoms with Gasteiger partial charge in [0.25, 0.3) is 0 Å². The van der Waals surface area contributed by atoms with Crippen LogP contribution in [0.5, 0.6) is 11.5 Å². The maximum atomic E-state index is 7.85. The van der Waals surface area contributed by atoms with Gasteiger partial charge in [-0.3, -0.25) is 0 Å². The molecule has 1 aromatic rings. The average Bonchev–Trinajstić information content (AvgIpc) is 2.49. The summed E-state index contributed by atoms with van der Waals surface area (Å²) in [6.07, 6.45) is 7.25. The molecule has 3 nitrogen and oxygen atoms in total. The highest BCUT2D eigenvalue weighted by molar-refractivity contribution is 6.40. The molecule has 0 spiro atoms. The molecular formula is C16H15Cl2NO2. The Kier molecular flexibility index (Phi) is 4.76. The predicted octanol–water partition coefficient (Wildman–Crippen LogP) is 4.93. The zero-order valence-corrected chi connectivity index (χ0v) is 13.5. The quantitative estimate of drug-likeness (QED) is 0.856. The van der Waals surface area contributed by atoms with Gasteiger partial charge in [0.2, 0.25) is 0 Å². The summed E-state index contributed by atoms with van der Waals surface area (Å²) in [7, 11) is 3.08. The predicted molar refractivity (Wildman–Crippen MR) is 88.2 cm³/mol. The number of hydrogen-bond donors (Lipinski definition) is 1. The van der Waals surface area contributed by atoms with Crippen molar-refractivity contribution >= 4 is 34.5 Å². The summed E-state index contributed by atoms with van der Waals surface area (Å²) in [4.78, 5) is 0. The maximum absolute atomic E-state index is 7.85. The monoisotopic (exact) mass is 323 g/mol. The van der Waals surface area contributed by atoms with Gasteiger partial charge in [0.15, 0.2) is 0 Å². The number of hydrogen-bond acceptors (Lipinski definition) is 3. The first-order valence-corrected chi connectivity index (χ1v) is 7.04. The lowest BCUT2D eigenvalue weighted by Crippen LogP contribution is -2.02. The van der Waals surface area contributed by atoms with Crippen molar-refractivity contribution in [2.24, 2.45) is 0 Å². The highest BCUT2D eigenvalue weighted by Gasteiger charge is 2.20. The van der Waals surface area contributed by atoms with Crippen molar-refractivity contribution in [1.29, 1.82) is 5.41 Å². The van der Waals surface area contributed by atoms with Crippen molar-refractivity contribution < 1.29 is 9.47 Å². The Morgan fingerprint density at radius 1 is 1.05 bits per heavy atom. The van der Waals surface area contributed by atoms with Crippen LogP contribution in [0.4, 0.5) is 0 Å². The number of nitrogens with one attached hydrogen (secondary N) is 1. The molecule has 0 unspecified atom stereocenters. The van der Waals surface area contributed by atoms with E-state index in [0.29, 0.717) is 32.8 Å². The van der Waals surface area contributed by atoms with E-state index in [1.54, 1.807) is 18.2 Å². The Hall–Kier alpha value is -1.71. The van der Waals surface area contributed by atoms with Crippen molar-refractivity contribution in [3.63, 3.8) is 0 Å². The van der Waals surface area contributed by atoms with E-state index < -0.39 is 0 Å². The third-order valence-corrected chi connectivity index (χ3v) is 3.98. The summed E-state index contributed by atoms with van der Waals surface area (Å²) in [5.41, 5.74) is 2.70. The van der Waals surface area contributed by atoms with Crippen LogP contribution in [0.25, 0.3) is 5.57 Å². The van der Waals surface area contributed by atoms with Gasteiger partial charge in [-0.25, -0.2) is 0 Å². The molecule has 0 aliphatic heterocycles. The van der Waals surface area contributed by atoms with Crippen LogP contribution in [0.2, 0.25) is 10.0 Å². The smallest absolute Gasteiger partial charge is 0.141 e. The van der Waals surface area contributed by atoms with Gasteiger partial charge in [-0.2, -0.15) is 0 Å². The molecule has 5 heteroatoms. The normalized spacial score (nSPS) is 16.1. The first kappa shape index (κ1) is 15.7. The highest BCUT2D eigenvalue weighted by atomic mass is 35.5. The summed E-state index contributed by atoms with van der Waals surface area (Å²) in [6.45, 7) is 1.88. The second-order valence-corrected chi connectivity index (χ2v) is 5.13. The molecule has 1 aliphatic rings. The fourth-order valence-electron chi connectivity index (χ4n) is 2.10. The van der Waals surface area contributed by atoms with Crippen LogP contribution in [-0.2, 0) is 0 Å². The lowest BCUT2D eigenvalue weighted by atomic mass is 9.94. The average molecular weight is 324 g/mol. The molecule has 0 aromatic heterocycles. The lowest BCUT2D eigenvalue weighted by Gasteiger charge is -2.17. The molecule has 0 radical (unpaired) electrons. The summed E-state index contributed by atoms with van der Waals surface area (Å²) in [5, 5.41) is 8.69. The van der Waals surface area contributed by atoms with Crippen molar-refractivity contribution in [2.75, 3.05) is 14.2 Å². The number of rotatable bonds is 3. The zero-order chi connectivity index (χ0) is 15.6. The molecule has 1 aliphatic carbocycles. The van der Waals surface area contributed by atoms with Crippen LogP contribution in [0.3, 0.4) is 0 Å². The van der Waals surface area contributed by atoms with Gasteiger partial charge in [0.1, 0.15) is 11.5 Å². The number of methoxy groups -OCH3 is 2. The molecule has 0 atom stereocenters. The van der Waals surface area contributed by atoms with Crippen molar-refractivity contribution in [1.82, 2.24) is 0 Å². The second kappa shape index (κ2) is 6.37. The van der Waals surface area contributed by atoms with E-state index >= 15 is 0 Å². The molecule has 110 valence electrons. The Balaban J connectivity index is 2.69. The molecular weight excluding hydrogens is 309 g/mol. The third kappa shape index (κ3) is 2.85. The van der Waals surface area contributed by atoms with Gasteiger partial charge in [0, 0.05) is 11.6 Å². The van der Waals surface area contributed by atoms with Crippen LogP contribution >= 0.6 is 23.2 Å². The van der Waals surface area contributed by atoms with E-state index in [2.05, 4.69) is 0 Å². The van der Waals surface area contributed by atoms with E-state index in [0.717, 1.165) is 11.1 Å². The lowest BCUT2D eigenvalue weighted by molar-refractivity contribution is 0.394. The fraction of sp³-hybridized carbons (Fsp3) is 0.188. The van der Waals surface area contributed by atoms with Crippen LogP contribution in [0, 0.1) is 5.41 Å². The maximum Gasteiger partial charge on any atom is 0.141 e. The van der Waals surface area contributed by atoms with E-state index in [-0.39, 0.29) is 0 Å². The number of benzene rings is 1. The van der Waals surface area contributed by atoms with Gasteiger partial charge >= 0.3 is 0 Å². The van der Waals surface area contributed by atoms with Gasteiger partial charge in [-0.05, 0) is 30.2 Å². The van der Waals surface area contributed by atoms with Crippen molar-refractivity contribution in [2.45, 2.75) is 6.92 Å². The molecule has 0 bridgehead atoms. The van der Waals surface area contributed by atoms with Gasteiger partial charge in [-0.15, -0.1) is 0 Å². The van der Waals surface area contributed by atoms with Crippen molar-refractivity contribution in [3.8, 4) is 11.5 Å². The summed E-state index contributed by atoms with van der Waals surface area (Å²) in [6, 6.07) is 1.65. The molecule has 21 heavy (non-hydrogen) atoms. The molecule has 0 saturated carbocycles. The Morgan fingerprint density at radius 2 is 1.62 bits per heavy atom.